The lowest BCUT2D eigenvalue weighted by Crippen LogP contribution is -1.94. The zero-order chi connectivity index (χ0) is 11.1. The highest BCUT2D eigenvalue weighted by molar-refractivity contribution is 5.42. The highest BCUT2D eigenvalue weighted by Gasteiger charge is 2.14. The normalized spacial score (nSPS) is 21.1. The molecule has 0 saturated heterocycles. The average molecular weight is 200 g/mol. The molecule has 0 heteroatoms. The van der Waals surface area contributed by atoms with Crippen LogP contribution in [0.4, 0.5) is 0 Å². The van der Waals surface area contributed by atoms with Crippen molar-refractivity contribution < 1.29 is 0 Å². The lowest BCUT2D eigenvalue weighted by molar-refractivity contribution is 0.803. The first-order valence-corrected chi connectivity index (χ1v) is 5.62. The smallest absolute Gasteiger partial charge is 0.00583 e. The molecule has 80 valence electrons. The molecule has 1 rings (SSSR count). The minimum atomic E-state index is 0.559. The Morgan fingerprint density at radius 3 is 2.87 bits per heavy atom. The SMILES string of the molecule is C=C/C=C\C1=C(C)C=CC1C/C=C/CC. The molecule has 0 aromatic rings. The van der Waals surface area contributed by atoms with E-state index < -0.39 is 0 Å². The van der Waals surface area contributed by atoms with Gasteiger partial charge in [0.2, 0.25) is 0 Å². The molecule has 0 spiro atoms. The van der Waals surface area contributed by atoms with E-state index in [-0.39, 0.29) is 0 Å². The number of hydrogen-bond donors (Lipinski definition) is 0. The average Bonchev–Trinajstić information content (AvgIpc) is 2.58. The van der Waals surface area contributed by atoms with Gasteiger partial charge in [-0.2, -0.15) is 0 Å². The van der Waals surface area contributed by atoms with Crippen molar-refractivity contribution in [2.75, 3.05) is 0 Å². The molecule has 15 heavy (non-hydrogen) atoms. The van der Waals surface area contributed by atoms with Crippen molar-refractivity contribution in [2.45, 2.75) is 26.7 Å². The molecule has 0 aromatic carbocycles. The van der Waals surface area contributed by atoms with Gasteiger partial charge in [-0.25, -0.2) is 0 Å². The molecular formula is C15H20. The van der Waals surface area contributed by atoms with E-state index in [4.69, 9.17) is 0 Å². The molecule has 0 amide bonds. The van der Waals surface area contributed by atoms with E-state index in [9.17, 15) is 0 Å². The summed E-state index contributed by atoms with van der Waals surface area (Å²) in [6, 6.07) is 0. The van der Waals surface area contributed by atoms with Crippen LogP contribution in [0.25, 0.3) is 0 Å². The molecule has 1 aliphatic carbocycles. The number of allylic oxidation sites excluding steroid dienone is 9. The second kappa shape index (κ2) is 6.23. The van der Waals surface area contributed by atoms with Crippen LogP contribution in [-0.4, -0.2) is 0 Å². The summed E-state index contributed by atoms with van der Waals surface area (Å²) in [5.41, 5.74) is 2.80. The van der Waals surface area contributed by atoms with Gasteiger partial charge < -0.3 is 0 Å². The van der Waals surface area contributed by atoms with E-state index in [1.807, 2.05) is 12.2 Å². The van der Waals surface area contributed by atoms with E-state index in [2.05, 4.69) is 50.8 Å². The van der Waals surface area contributed by atoms with E-state index in [0.29, 0.717) is 5.92 Å². The Morgan fingerprint density at radius 1 is 1.40 bits per heavy atom. The van der Waals surface area contributed by atoms with Gasteiger partial charge in [0.15, 0.2) is 0 Å². The van der Waals surface area contributed by atoms with Gasteiger partial charge in [0.05, 0.1) is 0 Å². The molecule has 0 aliphatic heterocycles. The lowest BCUT2D eigenvalue weighted by atomic mass is 9.96. The fraction of sp³-hybridized carbons (Fsp3) is 0.333. The summed E-state index contributed by atoms with van der Waals surface area (Å²) in [7, 11) is 0. The topological polar surface area (TPSA) is 0 Å². The summed E-state index contributed by atoms with van der Waals surface area (Å²) < 4.78 is 0. The third-order valence-corrected chi connectivity index (χ3v) is 2.64. The summed E-state index contributed by atoms with van der Waals surface area (Å²) in [4.78, 5) is 0. The molecule has 1 aliphatic rings. The predicted molar refractivity (Wildman–Crippen MR) is 68.7 cm³/mol. The fourth-order valence-electron chi connectivity index (χ4n) is 1.79. The highest BCUT2D eigenvalue weighted by atomic mass is 14.2. The molecule has 1 unspecified atom stereocenters. The largest absolute Gasteiger partial charge is 0.0991 e. The van der Waals surface area contributed by atoms with Gasteiger partial charge in [-0.05, 0) is 30.9 Å². The Balaban J connectivity index is 2.66. The molecule has 1 atom stereocenters. The van der Waals surface area contributed by atoms with Crippen molar-refractivity contribution in [1.82, 2.24) is 0 Å². The maximum atomic E-state index is 3.70. The van der Waals surface area contributed by atoms with Gasteiger partial charge in [0.25, 0.3) is 0 Å². The Morgan fingerprint density at radius 2 is 2.20 bits per heavy atom. The minimum Gasteiger partial charge on any atom is -0.0991 e. The van der Waals surface area contributed by atoms with Crippen molar-refractivity contribution in [3.05, 3.63) is 60.3 Å². The monoisotopic (exact) mass is 200 g/mol. The summed E-state index contributed by atoms with van der Waals surface area (Å²) in [5, 5.41) is 0. The van der Waals surface area contributed by atoms with Crippen molar-refractivity contribution in [3.63, 3.8) is 0 Å². The molecule has 0 heterocycles. The van der Waals surface area contributed by atoms with Crippen LogP contribution < -0.4 is 0 Å². The Bertz CT molecular complexity index is 324. The molecule has 0 radical (unpaired) electrons. The van der Waals surface area contributed by atoms with Crippen LogP contribution in [0.1, 0.15) is 26.7 Å². The van der Waals surface area contributed by atoms with E-state index >= 15 is 0 Å². The number of hydrogen-bond acceptors (Lipinski definition) is 0. The van der Waals surface area contributed by atoms with Crippen molar-refractivity contribution in [1.29, 1.82) is 0 Å². The quantitative estimate of drug-likeness (QED) is 0.450. The zero-order valence-electron chi connectivity index (χ0n) is 9.74. The van der Waals surface area contributed by atoms with Crippen molar-refractivity contribution >= 4 is 0 Å². The van der Waals surface area contributed by atoms with Crippen molar-refractivity contribution in [3.8, 4) is 0 Å². The zero-order valence-corrected chi connectivity index (χ0v) is 9.74. The van der Waals surface area contributed by atoms with E-state index in [0.717, 1.165) is 12.8 Å². The van der Waals surface area contributed by atoms with Crippen LogP contribution in [0, 0.1) is 5.92 Å². The first-order valence-electron chi connectivity index (χ1n) is 5.62. The van der Waals surface area contributed by atoms with Gasteiger partial charge in [-0.15, -0.1) is 0 Å². The van der Waals surface area contributed by atoms with Gasteiger partial charge in [0, 0.05) is 5.92 Å². The first-order chi connectivity index (χ1) is 7.29. The van der Waals surface area contributed by atoms with Gasteiger partial charge in [0.1, 0.15) is 0 Å². The van der Waals surface area contributed by atoms with Crippen LogP contribution >= 0.6 is 0 Å². The van der Waals surface area contributed by atoms with Crippen LogP contribution in [0.2, 0.25) is 0 Å². The Labute approximate surface area is 93.4 Å². The van der Waals surface area contributed by atoms with Crippen LogP contribution in [0.3, 0.4) is 0 Å². The third-order valence-electron chi connectivity index (χ3n) is 2.64. The summed E-state index contributed by atoms with van der Waals surface area (Å²) in [5.74, 6) is 0.559. The van der Waals surface area contributed by atoms with E-state index in [1.54, 1.807) is 0 Å². The van der Waals surface area contributed by atoms with Gasteiger partial charge >= 0.3 is 0 Å². The number of rotatable bonds is 5. The molecule has 0 aromatic heterocycles. The van der Waals surface area contributed by atoms with Crippen LogP contribution in [0.5, 0.6) is 0 Å². The standard InChI is InChI=1S/C15H20/c1-4-6-8-9-14-12-11-13(3)15(14)10-7-5-2/h5-8,10-12,14H,2,4,9H2,1,3H3/b8-6+,10-7-. The second-order valence-corrected chi connectivity index (χ2v) is 3.81. The lowest BCUT2D eigenvalue weighted by Gasteiger charge is -2.08. The van der Waals surface area contributed by atoms with E-state index in [1.165, 1.54) is 11.1 Å². The Hall–Kier alpha value is -1.30. The fourth-order valence-corrected chi connectivity index (χ4v) is 1.79. The van der Waals surface area contributed by atoms with Crippen LogP contribution in [0.15, 0.2) is 60.3 Å². The van der Waals surface area contributed by atoms with Gasteiger partial charge in [-0.1, -0.05) is 56.0 Å². The summed E-state index contributed by atoms with van der Waals surface area (Å²) >= 11 is 0. The Kier molecular flexibility index (Phi) is 4.89. The molecule has 0 nitrogen and oxygen atoms in total. The first kappa shape index (κ1) is 11.8. The van der Waals surface area contributed by atoms with Crippen LogP contribution in [-0.2, 0) is 0 Å². The highest BCUT2D eigenvalue weighted by Crippen LogP contribution is 2.29. The maximum absolute atomic E-state index is 3.70. The molecule has 0 saturated carbocycles. The second-order valence-electron chi connectivity index (χ2n) is 3.81. The molecular weight excluding hydrogens is 180 g/mol. The molecule has 0 N–H and O–H groups in total. The summed E-state index contributed by atoms with van der Waals surface area (Å²) in [6.07, 6.45) is 17.3. The molecule has 0 bridgehead atoms. The molecule has 0 fully saturated rings. The van der Waals surface area contributed by atoms with Crippen molar-refractivity contribution in [2.24, 2.45) is 5.92 Å². The minimum absolute atomic E-state index is 0.559. The predicted octanol–water partition coefficient (Wildman–Crippen LogP) is 4.59. The van der Waals surface area contributed by atoms with Gasteiger partial charge in [-0.3, -0.25) is 0 Å². The summed E-state index contributed by atoms with van der Waals surface area (Å²) in [6.45, 7) is 8.04. The third kappa shape index (κ3) is 3.39. The maximum Gasteiger partial charge on any atom is 0.00583 e.